The van der Waals surface area contributed by atoms with Crippen molar-refractivity contribution in [1.29, 1.82) is 0 Å². The van der Waals surface area contributed by atoms with E-state index in [1.54, 1.807) is 10.6 Å². The molecule has 1 N–H and O–H groups in total. The third-order valence-electron chi connectivity index (χ3n) is 6.25. The highest BCUT2D eigenvalue weighted by molar-refractivity contribution is 6.33. The molecule has 2 aromatic heterocycles. The molecule has 5 aromatic rings. The fourth-order valence-corrected chi connectivity index (χ4v) is 4.46. The number of hydrogen-bond acceptors (Lipinski definition) is 6. The van der Waals surface area contributed by atoms with Crippen molar-refractivity contribution in [3.05, 3.63) is 111 Å². The maximum atomic E-state index is 13.2. The average molecular weight is 527 g/mol. The Kier molecular flexibility index (Phi) is 7.89. The molecule has 5 rings (SSSR count). The van der Waals surface area contributed by atoms with Crippen LogP contribution in [-0.2, 0) is 19.6 Å². The average Bonchev–Trinajstić information content (AvgIpc) is 3.48. The number of halogens is 1. The molecule has 0 aliphatic heterocycles. The molecule has 3 aromatic carbocycles. The summed E-state index contributed by atoms with van der Waals surface area (Å²) in [4.78, 5) is 18.1. The smallest absolute Gasteiger partial charge is 0.254 e. The maximum absolute atomic E-state index is 13.2. The SMILES string of the molecule is CCCCc1nc(-c2ccccc2Cl)cc(=O)n1Cc1ccc(OCc2ccccc2-c2nn[nH]n2)cc1. The second-order valence-electron chi connectivity index (χ2n) is 8.89. The van der Waals surface area contributed by atoms with Crippen LogP contribution in [0.3, 0.4) is 0 Å². The lowest BCUT2D eigenvalue weighted by molar-refractivity contribution is 0.306. The van der Waals surface area contributed by atoms with Crippen LogP contribution in [-0.4, -0.2) is 30.2 Å². The molecule has 0 saturated heterocycles. The minimum absolute atomic E-state index is 0.0978. The summed E-state index contributed by atoms with van der Waals surface area (Å²) in [6.07, 6.45) is 2.66. The van der Waals surface area contributed by atoms with Crippen LogP contribution in [0.15, 0.2) is 83.7 Å². The molecule has 9 heteroatoms. The van der Waals surface area contributed by atoms with Gasteiger partial charge in [0.1, 0.15) is 18.2 Å². The van der Waals surface area contributed by atoms with Gasteiger partial charge in [-0.05, 0) is 35.4 Å². The maximum Gasteiger partial charge on any atom is 0.254 e. The number of tetrazole rings is 1. The Morgan fingerprint density at radius 2 is 1.74 bits per heavy atom. The zero-order valence-electron chi connectivity index (χ0n) is 21.0. The third kappa shape index (κ3) is 5.81. The van der Waals surface area contributed by atoms with E-state index in [9.17, 15) is 4.79 Å². The number of ether oxygens (including phenoxy) is 1. The van der Waals surface area contributed by atoms with Gasteiger partial charge in [0.25, 0.3) is 5.56 Å². The van der Waals surface area contributed by atoms with Gasteiger partial charge in [-0.3, -0.25) is 9.36 Å². The fourth-order valence-electron chi connectivity index (χ4n) is 4.23. The van der Waals surface area contributed by atoms with Crippen LogP contribution in [0, 0.1) is 0 Å². The van der Waals surface area contributed by atoms with E-state index < -0.39 is 0 Å². The third-order valence-corrected chi connectivity index (χ3v) is 6.58. The normalized spacial score (nSPS) is 11.0. The van der Waals surface area contributed by atoms with E-state index in [-0.39, 0.29) is 5.56 Å². The van der Waals surface area contributed by atoms with Gasteiger partial charge < -0.3 is 4.74 Å². The summed E-state index contributed by atoms with van der Waals surface area (Å²) >= 11 is 6.38. The Bertz CT molecular complexity index is 1570. The van der Waals surface area contributed by atoms with Gasteiger partial charge in [0, 0.05) is 34.2 Å². The second-order valence-corrected chi connectivity index (χ2v) is 9.30. The summed E-state index contributed by atoms with van der Waals surface area (Å²) in [6.45, 7) is 2.91. The first-order valence-electron chi connectivity index (χ1n) is 12.5. The molecule has 0 amide bonds. The number of hydrogen-bond donors (Lipinski definition) is 1. The minimum Gasteiger partial charge on any atom is -0.489 e. The van der Waals surface area contributed by atoms with Crippen LogP contribution >= 0.6 is 11.6 Å². The number of benzene rings is 3. The quantitative estimate of drug-likeness (QED) is 0.250. The van der Waals surface area contributed by atoms with Crippen molar-refractivity contribution >= 4 is 11.6 Å². The van der Waals surface area contributed by atoms with Gasteiger partial charge in [-0.1, -0.05) is 79.5 Å². The lowest BCUT2D eigenvalue weighted by atomic mass is 10.1. The second kappa shape index (κ2) is 11.8. The molecule has 0 atom stereocenters. The van der Waals surface area contributed by atoms with Gasteiger partial charge in [-0.15, -0.1) is 10.2 Å². The van der Waals surface area contributed by atoms with E-state index in [1.165, 1.54) is 0 Å². The first kappa shape index (κ1) is 25.4. The van der Waals surface area contributed by atoms with Gasteiger partial charge >= 0.3 is 0 Å². The minimum atomic E-state index is -0.0978. The van der Waals surface area contributed by atoms with Crippen LogP contribution in [0.1, 0.15) is 36.7 Å². The number of nitrogens with one attached hydrogen (secondary N) is 1. The van der Waals surface area contributed by atoms with Gasteiger partial charge in [-0.2, -0.15) is 5.21 Å². The molecule has 38 heavy (non-hydrogen) atoms. The first-order valence-corrected chi connectivity index (χ1v) is 12.9. The predicted octanol–water partition coefficient (Wildman–Crippen LogP) is 5.71. The van der Waals surface area contributed by atoms with Crippen molar-refractivity contribution in [2.75, 3.05) is 0 Å². The highest BCUT2D eigenvalue weighted by Gasteiger charge is 2.13. The van der Waals surface area contributed by atoms with E-state index in [0.717, 1.165) is 46.7 Å². The Morgan fingerprint density at radius 1 is 0.974 bits per heavy atom. The van der Waals surface area contributed by atoms with Crippen molar-refractivity contribution in [3.63, 3.8) is 0 Å². The van der Waals surface area contributed by atoms with Gasteiger partial charge in [0.05, 0.1) is 12.2 Å². The predicted molar refractivity (Wildman–Crippen MR) is 147 cm³/mol. The molecular weight excluding hydrogens is 500 g/mol. The van der Waals surface area contributed by atoms with E-state index >= 15 is 0 Å². The summed E-state index contributed by atoms with van der Waals surface area (Å²) in [5.74, 6) is 2.01. The first-order chi connectivity index (χ1) is 18.6. The van der Waals surface area contributed by atoms with Crippen molar-refractivity contribution in [2.45, 2.75) is 39.3 Å². The Morgan fingerprint density at radius 3 is 2.47 bits per heavy atom. The summed E-state index contributed by atoms with van der Waals surface area (Å²) < 4.78 is 7.78. The van der Waals surface area contributed by atoms with Crippen LogP contribution < -0.4 is 10.3 Å². The molecule has 0 radical (unpaired) electrons. The number of aromatic amines is 1. The van der Waals surface area contributed by atoms with E-state index in [2.05, 4.69) is 27.5 Å². The van der Waals surface area contributed by atoms with Crippen LogP contribution in [0.4, 0.5) is 0 Å². The lowest BCUT2D eigenvalue weighted by Crippen LogP contribution is -2.25. The highest BCUT2D eigenvalue weighted by Crippen LogP contribution is 2.26. The monoisotopic (exact) mass is 526 g/mol. The molecule has 2 heterocycles. The zero-order chi connectivity index (χ0) is 26.3. The zero-order valence-corrected chi connectivity index (χ0v) is 21.7. The molecule has 0 saturated carbocycles. The largest absolute Gasteiger partial charge is 0.489 e. The molecule has 0 unspecified atom stereocenters. The number of H-pyrrole nitrogens is 1. The van der Waals surface area contributed by atoms with E-state index in [0.29, 0.717) is 36.1 Å². The molecule has 0 bridgehead atoms. The molecule has 0 aliphatic carbocycles. The van der Waals surface area contributed by atoms with Crippen molar-refractivity contribution in [3.8, 4) is 28.4 Å². The van der Waals surface area contributed by atoms with Crippen molar-refractivity contribution in [1.82, 2.24) is 30.2 Å². The van der Waals surface area contributed by atoms with Gasteiger partial charge in [-0.25, -0.2) is 4.98 Å². The summed E-state index contributed by atoms with van der Waals surface area (Å²) in [5, 5.41) is 14.8. The summed E-state index contributed by atoms with van der Waals surface area (Å²) in [5.41, 5.74) is 4.07. The molecule has 0 spiro atoms. The Balaban J connectivity index is 1.33. The van der Waals surface area contributed by atoms with Crippen molar-refractivity contribution < 1.29 is 4.74 Å². The number of rotatable bonds is 10. The fraction of sp³-hybridized carbons (Fsp3) is 0.207. The summed E-state index contributed by atoms with van der Waals surface area (Å²) in [6, 6.07) is 24.6. The van der Waals surface area contributed by atoms with Crippen molar-refractivity contribution in [2.24, 2.45) is 0 Å². The number of nitrogens with zero attached hydrogens (tertiary/aromatic N) is 5. The standard InChI is InChI=1S/C29H27ClN6O2/c1-2-3-12-27-31-26(24-10-6-7-11-25(24)30)17-28(37)36(27)18-20-13-15-22(16-14-20)38-19-21-8-4-5-9-23(21)29-32-34-35-33-29/h4-11,13-17H,2-3,12,18-19H2,1H3,(H,32,33,34,35). The highest BCUT2D eigenvalue weighted by atomic mass is 35.5. The topological polar surface area (TPSA) is 98.6 Å². The van der Waals surface area contributed by atoms with Crippen LogP contribution in [0.2, 0.25) is 5.02 Å². The number of unbranched alkanes of at least 4 members (excludes halogenated alkanes) is 1. The number of aromatic nitrogens is 6. The van der Waals surface area contributed by atoms with Gasteiger partial charge in [0.15, 0.2) is 0 Å². The summed E-state index contributed by atoms with van der Waals surface area (Å²) in [7, 11) is 0. The Hall–Kier alpha value is -4.30. The molecule has 0 fully saturated rings. The van der Waals surface area contributed by atoms with Crippen LogP contribution in [0.25, 0.3) is 22.6 Å². The molecule has 192 valence electrons. The van der Waals surface area contributed by atoms with E-state index in [4.69, 9.17) is 21.3 Å². The molecule has 0 aliphatic rings. The molecular formula is C29H27ClN6O2. The Labute approximate surface area is 225 Å². The lowest BCUT2D eigenvalue weighted by Gasteiger charge is -2.15. The number of aryl methyl sites for hydroxylation is 1. The van der Waals surface area contributed by atoms with E-state index in [1.807, 2.05) is 72.8 Å². The van der Waals surface area contributed by atoms with Crippen LogP contribution in [0.5, 0.6) is 5.75 Å². The molecule has 8 nitrogen and oxygen atoms in total. The van der Waals surface area contributed by atoms with Gasteiger partial charge in [0.2, 0.25) is 5.82 Å².